The highest BCUT2D eigenvalue weighted by Crippen LogP contribution is 2.18. The minimum Gasteiger partial charge on any atom is -0.286 e. The SMILES string of the molecule is C=C[SiH2]CCC(N(CC)C(C)C)N(CC)C(C)C. The van der Waals surface area contributed by atoms with Crippen molar-refractivity contribution in [3.8, 4) is 0 Å². The Hall–Kier alpha value is -0.123. The molecule has 0 bridgehead atoms. The van der Waals surface area contributed by atoms with Gasteiger partial charge < -0.3 is 0 Å². The highest BCUT2D eigenvalue weighted by Gasteiger charge is 2.26. The quantitative estimate of drug-likeness (QED) is 0.342. The maximum Gasteiger partial charge on any atom is 0.0623 e. The molecule has 0 aliphatic rings. The summed E-state index contributed by atoms with van der Waals surface area (Å²) < 4.78 is 0. The molecule has 0 fully saturated rings. The van der Waals surface area contributed by atoms with Crippen molar-refractivity contribution in [2.45, 2.75) is 72.3 Å². The van der Waals surface area contributed by atoms with E-state index in [1.54, 1.807) is 0 Å². The molecule has 0 N–H and O–H groups in total. The molecule has 0 saturated heterocycles. The lowest BCUT2D eigenvalue weighted by Gasteiger charge is -2.43. The maximum absolute atomic E-state index is 3.89. The van der Waals surface area contributed by atoms with Crippen LogP contribution in [-0.2, 0) is 0 Å². The van der Waals surface area contributed by atoms with Gasteiger partial charge >= 0.3 is 0 Å². The molecule has 0 radical (unpaired) electrons. The molecule has 0 rings (SSSR count). The number of hydrogen-bond donors (Lipinski definition) is 0. The molecule has 0 amide bonds. The van der Waals surface area contributed by atoms with Gasteiger partial charge in [-0.25, -0.2) is 0 Å². The largest absolute Gasteiger partial charge is 0.286 e. The van der Waals surface area contributed by atoms with Crippen LogP contribution in [0.25, 0.3) is 0 Å². The standard InChI is InChI=1S/C15H34N2Si/c1-8-16(13(4)5)15(11-12-18-10-3)17(9-2)14(6)7/h10,13-15H,3,8-9,11-12,18H2,1-2,4-7H3. The molecule has 0 aromatic carbocycles. The van der Waals surface area contributed by atoms with Gasteiger partial charge in [0.05, 0.1) is 6.17 Å². The fraction of sp³-hybridized carbons (Fsp3) is 0.867. The van der Waals surface area contributed by atoms with Gasteiger partial charge in [0.25, 0.3) is 0 Å². The van der Waals surface area contributed by atoms with Gasteiger partial charge in [0.2, 0.25) is 0 Å². The first-order chi connectivity index (χ1) is 8.49. The smallest absolute Gasteiger partial charge is 0.0623 e. The lowest BCUT2D eigenvalue weighted by atomic mass is 10.2. The van der Waals surface area contributed by atoms with Crippen molar-refractivity contribution in [1.29, 1.82) is 0 Å². The molecule has 0 saturated carbocycles. The van der Waals surface area contributed by atoms with Gasteiger partial charge in [-0.2, -0.15) is 0 Å². The Morgan fingerprint density at radius 2 is 1.44 bits per heavy atom. The first-order valence-electron chi connectivity index (χ1n) is 7.61. The third-order valence-corrected chi connectivity index (χ3v) is 4.92. The molecule has 3 heteroatoms. The molecule has 2 nitrogen and oxygen atoms in total. The van der Waals surface area contributed by atoms with Crippen LogP contribution in [0.3, 0.4) is 0 Å². The first kappa shape index (κ1) is 17.9. The molecule has 0 aromatic rings. The second-order valence-corrected chi connectivity index (χ2v) is 7.41. The second-order valence-electron chi connectivity index (χ2n) is 5.55. The third-order valence-electron chi connectivity index (χ3n) is 3.69. The third kappa shape index (κ3) is 5.68. The fourth-order valence-corrected chi connectivity index (χ4v) is 3.70. The molecule has 0 unspecified atom stereocenters. The van der Waals surface area contributed by atoms with Gasteiger partial charge in [-0.05, 0) is 47.2 Å². The molecule has 0 heterocycles. The van der Waals surface area contributed by atoms with E-state index in [4.69, 9.17) is 0 Å². The summed E-state index contributed by atoms with van der Waals surface area (Å²) in [6.45, 7) is 20.0. The zero-order chi connectivity index (χ0) is 14.1. The summed E-state index contributed by atoms with van der Waals surface area (Å²) in [7, 11) is -0.0389. The normalized spacial score (nSPS) is 13.1. The Bertz CT molecular complexity index is 201. The Morgan fingerprint density at radius 3 is 1.72 bits per heavy atom. The highest BCUT2D eigenvalue weighted by atomic mass is 28.2. The van der Waals surface area contributed by atoms with Crippen LogP contribution >= 0.6 is 0 Å². The van der Waals surface area contributed by atoms with Gasteiger partial charge in [-0.3, -0.25) is 9.80 Å². The predicted molar refractivity (Wildman–Crippen MR) is 87.0 cm³/mol. The van der Waals surface area contributed by atoms with Crippen molar-refractivity contribution >= 4 is 9.52 Å². The summed E-state index contributed by atoms with van der Waals surface area (Å²) in [4.78, 5) is 5.28. The van der Waals surface area contributed by atoms with E-state index < -0.39 is 0 Å². The van der Waals surface area contributed by atoms with Crippen LogP contribution in [-0.4, -0.2) is 50.7 Å². The van der Waals surface area contributed by atoms with E-state index in [2.05, 4.69) is 63.6 Å². The lowest BCUT2D eigenvalue weighted by Crippen LogP contribution is -2.53. The molecule has 108 valence electrons. The Morgan fingerprint density at radius 1 is 1.00 bits per heavy atom. The van der Waals surface area contributed by atoms with E-state index in [0.29, 0.717) is 18.2 Å². The van der Waals surface area contributed by atoms with E-state index in [1.165, 1.54) is 12.5 Å². The van der Waals surface area contributed by atoms with Crippen molar-refractivity contribution in [2.75, 3.05) is 13.1 Å². The van der Waals surface area contributed by atoms with Gasteiger partial charge in [-0.15, -0.1) is 12.3 Å². The fourth-order valence-electron chi connectivity index (χ4n) is 2.81. The van der Waals surface area contributed by atoms with Gasteiger partial charge in [0.15, 0.2) is 0 Å². The van der Waals surface area contributed by atoms with Crippen molar-refractivity contribution < 1.29 is 0 Å². The summed E-state index contributed by atoms with van der Waals surface area (Å²) >= 11 is 0. The second kappa shape index (κ2) is 9.76. The highest BCUT2D eigenvalue weighted by molar-refractivity contribution is 6.41. The Labute approximate surface area is 117 Å². The van der Waals surface area contributed by atoms with Crippen molar-refractivity contribution in [3.63, 3.8) is 0 Å². The van der Waals surface area contributed by atoms with E-state index in [9.17, 15) is 0 Å². The number of hydrogen-bond acceptors (Lipinski definition) is 2. The summed E-state index contributed by atoms with van der Waals surface area (Å²) in [6, 6.07) is 2.62. The summed E-state index contributed by atoms with van der Waals surface area (Å²) in [5.41, 5.74) is 2.17. The first-order valence-corrected chi connectivity index (χ1v) is 9.43. The summed E-state index contributed by atoms with van der Waals surface area (Å²) in [5, 5.41) is 0. The number of rotatable bonds is 10. The zero-order valence-corrected chi connectivity index (χ0v) is 14.9. The molecule has 18 heavy (non-hydrogen) atoms. The average Bonchev–Trinajstić information content (AvgIpc) is 2.29. The van der Waals surface area contributed by atoms with E-state index >= 15 is 0 Å². The van der Waals surface area contributed by atoms with Crippen LogP contribution in [0.1, 0.15) is 48.0 Å². The van der Waals surface area contributed by atoms with Gasteiger partial charge in [-0.1, -0.05) is 19.9 Å². The average molecular weight is 271 g/mol. The minimum absolute atomic E-state index is 0.0389. The van der Waals surface area contributed by atoms with Gasteiger partial charge in [0, 0.05) is 21.6 Å². The van der Waals surface area contributed by atoms with Crippen LogP contribution in [0, 0.1) is 0 Å². The van der Waals surface area contributed by atoms with E-state index in [1.807, 2.05) is 0 Å². The molecule has 0 spiro atoms. The molecule has 0 aliphatic heterocycles. The Balaban J connectivity index is 4.81. The van der Waals surface area contributed by atoms with Crippen LogP contribution in [0.5, 0.6) is 0 Å². The van der Waals surface area contributed by atoms with Crippen LogP contribution in [0.2, 0.25) is 6.04 Å². The van der Waals surface area contributed by atoms with E-state index in [0.717, 1.165) is 13.1 Å². The van der Waals surface area contributed by atoms with Crippen LogP contribution in [0.4, 0.5) is 0 Å². The van der Waals surface area contributed by atoms with Crippen molar-refractivity contribution in [1.82, 2.24) is 9.80 Å². The predicted octanol–water partition coefficient (Wildman–Crippen LogP) is 2.89. The topological polar surface area (TPSA) is 6.48 Å². The molecule has 0 atom stereocenters. The molecular weight excluding hydrogens is 236 g/mol. The molecule has 0 aromatic heterocycles. The van der Waals surface area contributed by atoms with Crippen molar-refractivity contribution in [2.24, 2.45) is 0 Å². The van der Waals surface area contributed by atoms with Crippen LogP contribution < -0.4 is 0 Å². The lowest BCUT2D eigenvalue weighted by molar-refractivity contribution is 0.00618. The number of nitrogens with zero attached hydrogens (tertiary/aromatic N) is 2. The Kier molecular flexibility index (Phi) is 9.69. The molecular formula is C15H34N2Si. The summed E-state index contributed by atoms with van der Waals surface area (Å²) in [5.74, 6) is 0. The van der Waals surface area contributed by atoms with Gasteiger partial charge in [0.1, 0.15) is 0 Å². The maximum atomic E-state index is 3.89. The summed E-state index contributed by atoms with van der Waals surface area (Å²) in [6.07, 6.45) is 1.91. The monoisotopic (exact) mass is 270 g/mol. The van der Waals surface area contributed by atoms with Crippen molar-refractivity contribution in [3.05, 3.63) is 12.3 Å². The van der Waals surface area contributed by atoms with E-state index in [-0.39, 0.29) is 9.52 Å². The van der Waals surface area contributed by atoms with Crippen LogP contribution in [0.15, 0.2) is 12.3 Å². The molecule has 0 aliphatic carbocycles. The zero-order valence-electron chi connectivity index (χ0n) is 13.4. The minimum atomic E-state index is -0.0389.